The minimum atomic E-state index is 1.30. The second-order valence-electron chi connectivity index (χ2n) is 2.43. The second kappa shape index (κ2) is 6.30. The molecule has 0 unspecified atom stereocenters. The van der Waals surface area contributed by atoms with Crippen molar-refractivity contribution < 1.29 is 0 Å². The molecule has 0 N–H and O–H groups in total. The lowest BCUT2D eigenvalue weighted by Crippen LogP contribution is -2.26. The Bertz CT molecular complexity index is 50.9. The molecule has 1 nitrogen and oxygen atoms in total. The fraction of sp³-hybridized carbons (Fsp3) is 1.00. The van der Waals surface area contributed by atoms with Crippen LogP contribution in [0.1, 0.15) is 26.7 Å². The van der Waals surface area contributed by atoms with Gasteiger partial charge in [0.05, 0.1) is 0 Å². The lowest BCUT2D eigenvalue weighted by Gasteiger charge is -2.17. The van der Waals surface area contributed by atoms with Crippen molar-refractivity contribution in [1.82, 2.24) is 4.90 Å². The Kier molecular flexibility index (Phi) is 6.42. The van der Waals surface area contributed by atoms with Crippen LogP contribution < -0.4 is 0 Å². The molecule has 0 radical (unpaired) electrons. The van der Waals surface area contributed by atoms with E-state index in [9.17, 15) is 0 Å². The number of rotatable bonds is 5. The number of nitrogens with zero attached hydrogens (tertiary/aromatic N) is 1. The standard InChI is InChI=1S/C7H19NSi/c1-3-5-8(7-9)6-4-2/h3-7H2,1-2,9H3. The summed E-state index contributed by atoms with van der Waals surface area (Å²) >= 11 is 0. The molecular weight excluding hydrogens is 126 g/mol. The van der Waals surface area contributed by atoms with Crippen LogP contribution in [-0.2, 0) is 0 Å². The molecule has 0 aliphatic rings. The van der Waals surface area contributed by atoms with E-state index in [1.54, 1.807) is 0 Å². The zero-order valence-corrected chi connectivity index (χ0v) is 8.98. The largest absolute Gasteiger partial charge is 0.307 e. The monoisotopic (exact) mass is 145 g/mol. The summed E-state index contributed by atoms with van der Waals surface area (Å²) in [5, 5.41) is 0. The molecule has 9 heavy (non-hydrogen) atoms. The van der Waals surface area contributed by atoms with E-state index in [1.807, 2.05) is 0 Å². The first-order valence-corrected chi connectivity index (χ1v) is 5.48. The first-order chi connectivity index (χ1) is 4.35. The molecule has 0 atom stereocenters. The van der Waals surface area contributed by atoms with Crippen molar-refractivity contribution >= 4 is 10.2 Å². The van der Waals surface area contributed by atoms with Crippen LogP contribution in [0.5, 0.6) is 0 Å². The van der Waals surface area contributed by atoms with E-state index < -0.39 is 0 Å². The van der Waals surface area contributed by atoms with E-state index in [0.717, 1.165) is 0 Å². The molecule has 0 saturated carbocycles. The molecule has 0 aliphatic heterocycles. The summed E-state index contributed by atoms with van der Waals surface area (Å²) in [5.41, 5.74) is 0. The quantitative estimate of drug-likeness (QED) is 0.507. The van der Waals surface area contributed by atoms with Crippen LogP contribution >= 0.6 is 0 Å². The van der Waals surface area contributed by atoms with E-state index in [2.05, 4.69) is 18.7 Å². The van der Waals surface area contributed by atoms with Gasteiger partial charge in [-0.25, -0.2) is 0 Å². The van der Waals surface area contributed by atoms with Crippen LogP contribution in [-0.4, -0.2) is 34.4 Å². The molecule has 0 aromatic heterocycles. The SMILES string of the molecule is CCCN(C[SiH3])CCC. The molecular formula is C7H19NSi. The van der Waals surface area contributed by atoms with Crippen molar-refractivity contribution in [3.8, 4) is 0 Å². The fourth-order valence-corrected chi connectivity index (χ4v) is 1.69. The maximum Gasteiger partial charge on any atom is 0.0205 e. The fourth-order valence-electron chi connectivity index (χ4n) is 1.06. The smallest absolute Gasteiger partial charge is 0.0205 e. The van der Waals surface area contributed by atoms with Gasteiger partial charge in [0.15, 0.2) is 0 Å². The molecule has 0 fully saturated rings. The lowest BCUT2D eigenvalue weighted by molar-refractivity contribution is 0.319. The Morgan fingerprint density at radius 1 is 1.11 bits per heavy atom. The molecule has 0 aromatic rings. The van der Waals surface area contributed by atoms with Gasteiger partial charge in [0.2, 0.25) is 0 Å². The Balaban J connectivity index is 3.18. The van der Waals surface area contributed by atoms with Gasteiger partial charge in [-0.2, -0.15) is 0 Å². The molecule has 0 amide bonds. The highest BCUT2D eigenvalue weighted by Gasteiger charge is 1.95. The van der Waals surface area contributed by atoms with Crippen LogP contribution in [0.15, 0.2) is 0 Å². The zero-order valence-electron chi connectivity index (χ0n) is 6.98. The Labute approximate surface area is 61.9 Å². The van der Waals surface area contributed by atoms with Gasteiger partial charge in [-0.15, -0.1) is 0 Å². The van der Waals surface area contributed by atoms with Gasteiger partial charge in [-0.3, -0.25) is 0 Å². The summed E-state index contributed by atoms with van der Waals surface area (Å²) in [5.74, 6) is 0. The summed E-state index contributed by atoms with van der Waals surface area (Å²) in [7, 11) is 1.33. The van der Waals surface area contributed by atoms with Crippen LogP contribution in [0, 0.1) is 0 Å². The summed E-state index contributed by atoms with van der Waals surface area (Å²) in [6, 6.07) is 0. The van der Waals surface area contributed by atoms with Crippen molar-refractivity contribution in [2.45, 2.75) is 26.7 Å². The van der Waals surface area contributed by atoms with Crippen molar-refractivity contribution in [1.29, 1.82) is 0 Å². The minimum Gasteiger partial charge on any atom is -0.307 e. The molecule has 0 aromatic carbocycles. The van der Waals surface area contributed by atoms with Crippen LogP contribution in [0.3, 0.4) is 0 Å². The zero-order chi connectivity index (χ0) is 7.11. The van der Waals surface area contributed by atoms with Gasteiger partial charge in [0.1, 0.15) is 0 Å². The van der Waals surface area contributed by atoms with Crippen molar-refractivity contribution in [2.24, 2.45) is 0 Å². The summed E-state index contributed by atoms with van der Waals surface area (Å²) in [4.78, 5) is 2.55. The number of hydrogen-bond acceptors (Lipinski definition) is 1. The van der Waals surface area contributed by atoms with E-state index in [0.29, 0.717) is 0 Å². The minimum absolute atomic E-state index is 1.30. The van der Waals surface area contributed by atoms with Gasteiger partial charge < -0.3 is 4.90 Å². The molecule has 0 heterocycles. The third-order valence-electron chi connectivity index (χ3n) is 1.53. The molecule has 0 saturated heterocycles. The van der Waals surface area contributed by atoms with E-state index in [-0.39, 0.29) is 0 Å². The maximum atomic E-state index is 2.55. The Morgan fingerprint density at radius 2 is 1.56 bits per heavy atom. The highest BCUT2D eigenvalue weighted by atomic mass is 28.1. The van der Waals surface area contributed by atoms with Gasteiger partial charge in [-0.1, -0.05) is 13.8 Å². The normalized spacial score (nSPS) is 11.0. The summed E-state index contributed by atoms with van der Waals surface area (Å²) in [6.45, 7) is 7.11. The van der Waals surface area contributed by atoms with Gasteiger partial charge in [-0.05, 0) is 32.1 Å². The third kappa shape index (κ3) is 4.67. The van der Waals surface area contributed by atoms with E-state index >= 15 is 0 Å². The summed E-state index contributed by atoms with van der Waals surface area (Å²) < 4.78 is 0. The van der Waals surface area contributed by atoms with Crippen LogP contribution in [0.2, 0.25) is 0 Å². The lowest BCUT2D eigenvalue weighted by atomic mass is 10.4. The molecule has 0 rings (SSSR count). The maximum absolute atomic E-state index is 2.55. The van der Waals surface area contributed by atoms with E-state index in [4.69, 9.17) is 0 Å². The van der Waals surface area contributed by atoms with Gasteiger partial charge in [0, 0.05) is 10.2 Å². The average Bonchev–Trinajstić information content (AvgIpc) is 1.88. The molecule has 2 heteroatoms. The number of hydrogen-bond donors (Lipinski definition) is 0. The Hall–Kier alpha value is 0.177. The average molecular weight is 145 g/mol. The Morgan fingerprint density at radius 3 is 1.78 bits per heavy atom. The molecule has 0 bridgehead atoms. The predicted molar refractivity (Wildman–Crippen MR) is 47.0 cm³/mol. The van der Waals surface area contributed by atoms with Gasteiger partial charge in [0.25, 0.3) is 0 Å². The molecule has 0 spiro atoms. The molecule has 0 aliphatic carbocycles. The van der Waals surface area contributed by atoms with Crippen LogP contribution in [0.4, 0.5) is 0 Å². The predicted octanol–water partition coefficient (Wildman–Crippen LogP) is 0.431. The first-order valence-electron chi connectivity index (χ1n) is 4.07. The topological polar surface area (TPSA) is 3.24 Å². The van der Waals surface area contributed by atoms with Crippen molar-refractivity contribution in [3.63, 3.8) is 0 Å². The third-order valence-corrected chi connectivity index (χ3v) is 2.42. The first kappa shape index (κ1) is 9.18. The highest BCUT2D eigenvalue weighted by Crippen LogP contribution is 1.90. The van der Waals surface area contributed by atoms with E-state index in [1.165, 1.54) is 42.3 Å². The highest BCUT2D eigenvalue weighted by molar-refractivity contribution is 6.08. The molecule has 56 valence electrons. The second-order valence-corrected chi connectivity index (χ2v) is 3.07. The van der Waals surface area contributed by atoms with Crippen LogP contribution in [0.25, 0.3) is 0 Å². The van der Waals surface area contributed by atoms with Crippen molar-refractivity contribution in [2.75, 3.05) is 19.3 Å². The summed E-state index contributed by atoms with van der Waals surface area (Å²) in [6.07, 6.45) is 3.96. The van der Waals surface area contributed by atoms with Gasteiger partial charge >= 0.3 is 0 Å². The van der Waals surface area contributed by atoms with Crippen molar-refractivity contribution in [3.05, 3.63) is 0 Å².